The molecule has 5 radical (unpaired) electrons. The minimum Gasteiger partial charge on any atom is -0.207 e. The van der Waals surface area contributed by atoms with E-state index in [1.54, 1.807) is 28.6 Å². The van der Waals surface area contributed by atoms with Crippen molar-refractivity contribution in [2.45, 2.75) is 30.2 Å². The van der Waals surface area contributed by atoms with Crippen LogP contribution in [0.15, 0.2) is 35.2 Å². The van der Waals surface area contributed by atoms with Crippen molar-refractivity contribution in [3.05, 3.63) is 61.9 Å². The Labute approximate surface area is 122 Å². The molecule has 20 heavy (non-hydrogen) atoms. The summed E-state index contributed by atoms with van der Waals surface area (Å²) in [5.41, 5.74) is 0. The number of rotatable bonds is 2. The van der Waals surface area contributed by atoms with Gasteiger partial charge in [0.1, 0.15) is 0 Å². The van der Waals surface area contributed by atoms with E-state index in [0.29, 0.717) is 11.4 Å². The third-order valence-corrected chi connectivity index (χ3v) is 5.74. The average Bonchev–Trinajstić information content (AvgIpc) is 2.71. The van der Waals surface area contributed by atoms with E-state index in [0.717, 1.165) is 19.3 Å². The molecule has 2 fully saturated rings. The van der Waals surface area contributed by atoms with Gasteiger partial charge in [0.25, 0.3) is 0 Å². The normalized spacial score (nSPS) is 25.9. The lowest BCUT2D eigenvalue weighted by Gasteiger charge is -2.36. The predicted molar refractivity (Wildman–Crippen MR) is 78.4 cm³/mol. The van der Waals surface area contributed by atoms with Crippen LogP contribution in [0.1, 0.15) is 19.3 Å². The fraction of sp³-hybridized carbons (Fsp3) is 0.312. The molecule has 0 bridgehead atoms. The molecule has 1 saturated heterocycles. The van der Waals surface area contributed by atoms with Gasteiger partial charge in [0, 0.05) is 12.6 Å². The molecule has 1 aromatic carbocycles. The van der Waals surface area contributed by atoms with Gasteiger partial charge in [-0.3, -0.25) is 0 Å². The van der Waals surface area contributed by atoms with Crippen LogP contribution in [0.5, 0.6) is 0 Å². The highest BCUT2D eigenvalue weighted by Crippen LogP contribution is 2.36. The molecule has 3 rings (SSSR count). The van der Waals surface area contributed by atoms with Crippen LogP contribution in [-0.4, -0.2) is 25.3 Å². The van der Waals surface area contributed by atoms with Crippen LogP contribution in [-0.2, 0) is 10.0 Å². The fourth-order valence-corrected chi connectivity index (χ4v) is 4.46. The quantitative estimate of drug-likeness (QED) is 0.839. The van der Waals surface area contributed by atoms with Crippen molar-refractivity contribution < 1.29 is 8.42 Å². The molecular formula is C16H18NO2S. The lowest BCUT2D eigenvalue weighted by atomic mass is 9.82. The molecular weight excluding hydrogens is 270 g/mol. The maximum absolute atomic E-state index is 12.8. The highest BCUT2D eigenvalue weighted by molar-refractivity contribution is 7.89. The second-order valence-electron chi connectivity index (χ2n) is 5.15. The van der Waals surface area contributed by atoms with Gasteiger partial charge in [-0.05, 0) is 56.6 Å². The Bertz CT molecular complexity index is 541. The lowest BCUT2D eigenvalue weighted by Crippen LogP contribution is -2.45. The van der Waals surface area contributed by atoms with Gasteiger partial charge in [-0.2, -0.15) is 4.31 Å². The molecule has 0 N–H and O–H groups in total. The molecule has 3 nitrogen and oxygen atoms in total. The van der Waals surface area contributed by atoms with Crippen LogP contribution in [0.25, 0.3) is 0 Å². The van der Waals surface area contributed by atoms with Crippen molar-refractivity contribution in [1.82, 2.24) is 4.31 Å². The molecule has 0 aromatic heterocycles. The molecule has 1 atom stereocenters. The minimum atomic E-state index is -3.43. The maximum atomic E-state index is 12.8. The summed E-state index contributed by atoms with van der Waals surface area (Å²) in [6, 6.07) is 8.60. The number of fused-ring (bicyclic) bond motifs is 1. The van der Waals surface area contributed by atoms with Gasteiger partial charge < -0.3 is 0 Å². The van der Waals surface area contributed by atoms with Gasteiger partial charge in [0.15, 0.2) is 0 Å². The van der Waals surface area contributed by atoms with E-state index in [1.165, 1.54) is 5.92 Å². The summed E-state index contributed by atoms with van der Waals surface area (Å²) in [6.45, 7) is 0.587. The summed E-state index contributed by atoms with van der Waals surface area (Å²) in [5, 5.41) is 0. The zero-order chi connectivity index (χ0) is 14.0. The molecule has 1 aliphatic carbocycles. The van der Waals surface area contributed by atoms with Crippen molar-refractivity contribution in [3.8, 4) is 0 Å². The molecule has 0 spiro atoms. The van der Waals surface area contributed by atoms with Crippen LogP contribution in [0.3, 0.4) is 0 Å². The van der Waals surface area contributed by atoms with E-state index in [1.807, 2.05) is 25.3 Å². The third-order valence-electron chi connectivity index (χ3n) is 3.85. The van der Waals surface area contributed by atoms with E-state index < -0.39 is 10.0 Å². The Morgan fingerprint density at radius 3 is 2.65 bits per heavy atom. The van der Waals surface area contributed by atoms with Crippen molar-refractivity contribution >= 4 is 10.0 Å². The summed E-state index contributed by atoms with van der Waals surface area (Å²) in [5.74, 6) is 1.20. The summed E-state index contributed by atoms with van der Waals surface area (Å²) in [6.07, 6.45) is 10.9. The number of nitrogens with zero attached hydrogens (tertiary/aromatic N) is 1. The van der Waals surface area contributed by atoms with Gasteiger partial charge in [0.2, 0.25) is 10.0 Å². The van der Waals surface area contributed by atoms with E-state index >= 15 is 0 Å². The van der Waals surface area contributed by atoms with Gasteiger partial charge in [-0.25, -0.2) is 8.42 Å². The lowest BCUT2D eigenvalue weighted by molar-refractivity contribution is 0.368. The first kappa shape index (κ1) is 14.1. The van der Waals surface area contributed by atoms with Crippen LogP contribution < -0.4 is 0 Å². The maximum Gasteiger partial charge on any atom is 0.243 e. The van der Waals surface area contributed by atoms with Crippen molar-refractivity contribution in [3.63, 3.8) is 0 Å². The topological polar surface area (TPSA) is 37.4 Å². The summed E-state index contributed by atoms with van der Waals surface area (Å²) < 4.78 is 27.3. The SMILES string of the molecule is O=S(=O)(c1ccccc1)N1CCCC[C]2[CH][CH][CH][CH]C21. The number of benzene rings is 1. The molecule has 1 heterocycles. The van der Waals surface area contributed by atoms with Gasteiger partial charge in [-0.15, -0.1) is 0 Å². The van der Waals surface area contributed by atoms with E-state index in [9.17, 15) is 8.42 Å². The van der Waals surface area contributed by atoms with Crippen LogP contribution in [0, 0.1) is 31.6 Å². The largest absolute Gasteiger partial charge is 0.243 e. The first-order valence-corrected chi connectivity index (χ1v) is 8.41. The Balaban J connectivity index is 1.94. The molecule has 1 aliphatic heterocycles. The zero-order valence-corrected chi connectivity index (χ0v) is 12.1. The Morgan fingerprint density at radius 1 is 1.05 bits per heavy atom. The third kappa shape index (κ3) is 2.63. The number of hydrogen-bond donors (Lipinski definition) is 0. The fourth-order valence-electron chi connectivity index (χ4n) is 2.82. The van der Waals surface area contributed by atoms with Crippen LogP contribution in [0.2, 0.25) is 0 Å². The molecule has 1 aromatic rings. The van der Waals surface area contributed by atoms with E-state index in [4.69, 9.17) is 0 Å². The van der Waals surface area contributed by atoms with Crippen LogP contribution in [0.4, 0.5) is 0 Å². The van der Waals surface area contributed by atoms with Crippen molar-refractivity contribution in [1.29, 1.82) is 0 Å². The molecule has 1 unspecified atom stereocenters. The number of hydrogen-bond acceptors (Lipinski definition) is 2. The highest BCUT2D eigenvalue weighted by atomic mass is 32.2. The molecule has 4 heteroatoms. The van der Waals surface area contributed by atoms with Gasteiger partial charge in [-0.1, -0.05) is 24.6 Å². The first-order chi connectivity index (χ1) is 9.69. The highest BCUT2D eigenvalue weighted by Gasteiger charge is 2.39. The number of sulfonamides is 1. The Hall–Kier alpha value is -0.870. The molecule has 0 amide bonds. The Morgan fingerprint density at radius 2 is 1.85 bits per heavy atom. The van der Waals surface area contributed by atoms with Gasteiger partial charge in [0.05, 0.1) is 4.90 Å². The van der Waals surface area contributed by atoms with E-state index in [-0.39, 0.29) is 6.04 Å². The predicted octanol–water partition coefficient (Wildman–Crippen LogP) is 2.64. The van der Waals surface area contributed by atoms with Gasteiger partial charge >= 0.3 is 0 Å². The average molecular weight is 288 g/mol. The van der Waals surface area contributed by atoms with Crippen molar-refractivity contribution in [2.24, 2.45) is 0 Å². The second kappa shape index (κ2) is 5.86. The minimum absolute atomic E-state index is 0.118. The van der Waals surface area contributed by atoms with E-state index in [2.05, 4.69) is 6.42 Å². The molecule has 1 saturated carbocycles. The summed E-state index contributed by atoms with van der Waals surface area (Å²) in [7, 11) is -3.43. The first-order valence-electron chi connectivity index (χ1n) is 6.97. The second-order valence-corrected chi connectivity index (χ2v) is 7.04. The smallest absolute Gasteiger partial charge is 0.207 e. The zero-order valence-electron chi connectivity index (χ0n) is 11.3. The molecule has 105 valence electrons. The summed E-state index contributed by atoms with van der Waals surface area (Å²) >= 11 is 0. The standard InChI is InChI=1S/C16H18NO2S/c18-20(19,15-10-2-1-3-11-15)17-13-7-6-9-14-8-4-5-12-16(14)17/h1-5,8,10-12,16H,6-7,9,13H2. The molecule has 2 aliphatic rings. The summed E-state index contributed by atoms with van der Waals surface area (Å²) in [4.78, 5) is 0.379. The van der Waals surface area contributed by atoms with Crippen LogP contribution >= 0.6 is 0 Å². The Kier molecular flexibility index (Phi) is 4.13. The monoisotopic (exact) mass is 288 g/mol. The van der Waals surface area contributed by atoms with Crippen molar-refractivity contribution in [2.75, 3.05) is 6.54 Å².